The molecule has 0 radical (unpaired) electrons. The summed E-state index contributed by atoms with van der Waals surface area (Å²) in [5, 5.41) is 0. The monoisotopic (exact) mass is 793 g/mol. The van der Waals surface area contributed by atoms with Gasteiger partial charge >= 0.3 is 11.9 Å². The van der Waals surface area contributed by atoms with Crippen LogP contribution in [0.1, 0.15) is 205 Å². The zero-order valence-corrected chi connectivity index (χ0v) is 36.6. The molecule has 1 aromatic rings. The number of esters is 2. The minimum absolute atomic E-state index is 0.171. The fourth-order valence-corrected chi connectivity index (χ4v) is 6.77. The van der Waals surface area contributed by atoms with E-state index in [1.807, 2.05) is 24.3 Å². The Morgan fingerprint density at radius 3 is 1.37 bits per heavy atom. The summed E-state index contributed by atoms with van der Waals surface area (Å²) in [6.07, 6.45) is 44.8. The Hall–Kier alpha value is -3.06. The first kappa shape index (κ1) is 52.0. The fourth-order valence-electron chi connectivity index (χ4n) is 6.77. The van der Waals surface area contributed by atoms with E-state index < -0.39 is 6.04 Å². The molecule has 7 nitrogen and oxygen atoms in total. The molecule has 1 atom stereocenters. The van der Waals surface area contributed by atoms with Crippen molar-refractivity contribution in [1.82, 2.24) is 0 Å². The van der Waals surface area contributed by atoms with E-state index in [1.54, 1.807) is 6.21 Å². The second kappa shape index (κ2) is 39.8. The van der Waals surface area contributed by atoms with Crippen LogP contribution >= 0.6 is 0 Å². The molecule has 1 unspecified atom stereocenters. The van der Waals surface area contributed by atoms with Gasteiger partial charge in [-0.2, -0.15) is 0 Å². The highest BCUT2D eigenvalue weighted by Gasteiger charge is 2.15. The highest BCUT2D eigenvalue weighted by atomic mass is 16.5. The molecule has 0 aromatic heterocycles. The van der Waals surface area contributed by atoms with E-state index in [1.165, 1.54) is 116 Å². The fraction of sp³-hybridized carbons (Fsp3) is 0.720. The predicted octanol–water partition coefficient (Wildman–Crippen LogP) is 13.0. The molecule has 57 heavy (non-hydrogen) atoms. The number of aliphatic imine (C=N–C) groups is 1. The summed E-state index contributed by atoms with van der Waals surface area (Å²) in [6, 6.07) is 7.25. The number of nitrogens with zero attached hydrogens (tertiary/aromatic N) is 1. The van der Waals surface area contributed by atoms with E-state index in [0.29, 0.717) is 25.8 Å². The molecule has 0 saturated carbocycles. The van der Waals surface area contributed by atoms with Crippen molar-refractivity contribution in [1.29, 1.82) is 0 Å². The first-order chi connectivity index (χ1) is 28.0. The summed E-state index contributed by atoms with van der Waals surface area (Å²) in [5.74, 6) is -0.627. The van der Waals surface area contributed by atoms with Crippen LogP contribution in [0.15, 0.2) is 53.6 Å². The van der Waals surface area contributed by atoms with Crippen molar-refractivity contribution in [3.05, 3.63) is 59.7 Å². The van der Waals surface area contributed by atoms with E-state index in [0.717, 1.165) is 68.8 Å². The highest BCUT2D eigenvalue weighted by Crippen LogP contribution is 2.13. The third-order valence-electron chi connectivity index (χ3n) is 10.5. The number of carbonyl (C=O) groups excluding carboxylic acids is 3. The molecule has 0 aliphatic carbocycles. The minimum Gasteiger partial charge on any atom is -0.465 e. The van der Waals surface area contributed by atoms with Gasteiger partial charge in [-0.15, -0.1) is 0 Å². The van der Waals surface area contributed by atoms with Crippen molar-refractivity contribution in [2.75, 3.05) is 19.8 Å². The zero-order valence-electron chi connectivity index (χ0n) is 36.6. The van der Waals surface area contributed by atoms with Crippen molar-refractivity contribution in [3.8, 4) is 0 Å². The van der Waals surface area contributed by atoms with Crippen LogP contribution < -0.4 is 5.73 Å². The van der Waals surface area contributed by atoms with Gasteiger partial charge < -0.3 is 20.0 Å². The van der Waals surface area contributed by atoms with Crippen LogP contribution in [0.2, 0.25) is 0 Å². The quantitative estimate of drug-likeness (QED) is 0.0233. The van der Waals surface area contributed by atoms with E-state index in [9.17, 15) is 14.4 Å². The van der Waals surface area contributed by atoms with Gasteiger partial charge in [0.1, 0.15) is 6.29 Å². The van der Waals surface area contributed by atoms with Gasteiger partial charge in [0.05, 0.1) is 19.3 Å². The summed E-state index contributed by atoms with van der Waals surface area (Å²) >= 11 is 0. The van der Waals surface area contributed by atoms with Gasteiger partial charge in [0.2, 0.25) is 0 Å². The van der Waals surface area contributed by atoms with E-state index in [-0.39, 0.29) is 31.1 Å². The van der Waals surface area contributed by atoms with Crippen LogP contribution in [-0.2, 0) is 30.3 Å². The number of ether oxygens (including phenoxy) is 2. The van der Waals surface area contributed by atoms with Crippen LogP contribution in [-0.4, -0.2) is 50.2 Å². The molecule has 0 heterocycles. The standard InChI is InChI=1S/C50H84N2O5/c1-3-5-7-9-11-13-15-17-19-21-23-25-27-29-31-33-49(54)56-43-47(41-52-40-46-37-35-45(36-38-46)39-48(51)42-53)44-57-50(55)34-32-30-28-26-24-22-20-18-16-14-12-10-8-6-4-2/h17-20,35-38,40,42,47-48H,3-16,21-34,39,41,43-44,51H2,1-2H3/b19-17-,20-18-,52-40?. The molecule has 0 bridgehead atoms. The Balaban J connectivity index is 2.34. The molecule has 324 valence electrons. The maximum atomic E-state index is 12.6. The second-order valence-corrected chi connectivity index (χ2v) is 16.1. The van der Waals surface area contributed by atoms with Gasteiger partial charge in [-0.05, 0) is 81.8 Å². The Bertz CT molecular complexity index is 1120. The molecule has 0 fully saturated rings. The number of rotatable bonds is 40. The van der Waals surface area contributed by atoms with Gasteiger partial charge in [0, 0.05) is 31.5 Å². The molecule has 0 saturated heterocycles. The summed E-state index contributed by atoms with van der Waals surface area (Å²) in [5.41, 5.74) is 7.66. The Kier molecular flexibility index (Phi) is 36.2. The summed E-state index contributed by atoms with van der Waals surface area (Å²) in [6.45, 7) is 5.24. The molecular weight excluding hydrogens is 709 g/mol. The number of unbranched alkanes of at least 4 members (excludes halogenated alkanes) is 22. The molecule has 0 aliphatic rings. The van der Waals surface area contributed by atoms with Crippen molar-refractivity contribution in [2.24, 2.45) is 16.6 Å². The van der Waals surface area contributed by atoms with Crippen LogP contribution in [0.5, 0.6) is 0 Å². The lowest BCUT2D eigenvalue weighted by Gasteiger charge is -2.15. The number of aldehydes is 1. The third-order valence-corrected chi connectivity index (χ3v) is 10.5. The topological polar surface area (TPSA) is 108 Å². The minimum atomic E-state index is -0.510. The Morgan fingerprint density at radius 2 is 0.965 bits per heavy atom. The number of hydrogen-bond donors (Lipinski definition) is 1. The lowest BCUT2D eigenvalue weighted by molar-refractivity contribution is -0.148. The van der Waals surface area contributed by atoms with Crippen molar-refractivity contribution in [3.63, 3.8) is 0 Å². The normalized spacial score (nSPS) is 12.4. The Morgan fingerprint density at radius 1 is 0.579 bits per heavy atom. The number of hydrogen-bond acceptors (Lipinski definition) is 7. The zero-order chi connectivity index (χ0) is 41.3. The van der Waals surface area contributed by atoms with Gasteiger partial charge in [-0.3, -0.25) is 14.6 Å². The highest BCUT2D eigenvalue weighted by molar-refractivity contribution is 5.79. The first-order valence-electron chi connectivity index (χ1n) is 23.4. The number of carbonyl (C=O) groups is 3. The lowest BCUT2D eigenvalue weighted by Crippen LogP contribution is -2.24. The summed E-state index contributed by atoms with van der Waals surface area (Å²) in [7, 11) is 0. The van der Waals surface area contributed by atoms with Gasteiger partial charge in [0.15, 0.2) is 0 Å². The van der Waals surface area contributed by atoms with Crippen LogP contribution in [0, 0.1) is 5.92 Å². The molecule has 0 aliphatic heterocycles. The molecule has 1 aromatic carbocycles. The molecular formula is C50H84N2O5. The van der Waals surface area contributed by atoms with E-state index >= 15 is 0 Å². The van der Waals surface area contributed by atoms with Crippen molar-refractivity contribution in [2.45, 2.75) is 206 Å². The molecule has 0 amide bonds. The summed E-state index contributed by atoms with van der Waals surface area (Å²) < 4.78 is 11.3. The van der Waals surface area contributed by atoms with Crippen molar-refractivity contribution >= 4 is 24.4 Å². The SMILES string of the molecule is CCCCCCCC/C=C\CCCCCCCC(=O)OCC(CN=Cc1ccc(CC(N)C=O)cc1)COC(=O)CCCCCCC/C=C\CCCCCCCC. The van der Waals surface area contributed by atoms with Crippen LogP contribution in [0.4, 0.5) is 0 Å². The van der Waals surface area contributed by atoms with Crippen LogP contribution in [0.25, 0.3) is 0 Å². The van der Waals surface area contributed by atoms with Gasteiger partial charge in [0.25, 0.3) is 0 Å². The summed E-state index contributed by atoms with van der Waals surface area (Å²) in [4.78, 5) is 40.7. The predicted molar refractivity (Wildman–Crippen MR) is 241 cm³/mol. The van der Waals surface area contributed by atoms with Gasteiger partial charge in [-0.1, -0.05) is 165 Å². The average molecular weight is 793 g/mol. The number of allylic oxidation sites excluding steroid dienone is 4. The first-order valence-corrected chi connectivity index (χ1v) is 23.4. The lowest BCUT2D eigenvalue weighted by atomic mass is 10.1. The third kappa shape index (κ3) is 34.7. The number of nitrogens with two attached hydrogens (primary N) is 1. The van der Waals surface area contributed by atoms with E-state index in [4.69, 9.17) is 15.2 Å². The molecule has 2 N–H and O–H groups in total. The van der Waals surface area contributed by atoms with Crippen LogP contribution in [0.3, 0.4) is 0 Å². The number of benzene rings is 1. The van der Waals surface area contributed by atoms with Gasteiger partial charge in [-0.25, -0.2) is 0 Å². The largest absolute Gasteiger partial charge is 0.465 e. The maximum Gasteiger partial charge on any atom is 0.305 e. The van der Waals surface area contributed by atoms with E-state index in [2.05, 4.69) is 43.1 Å². The smallest absolute Gasteiger partial charge is 0.305 e. The van der Waals surface area contributed by atoms with Crippen molar-refractivity contribution < 1.29 is 23.9 Å². The molecule has 1 rings (SSSR count). The second-order valence-electron chi connectivity index (χ2n) is 16.1. The Labute approximate surface area is 349 Å². The average Bonchev–Trinajstić information content (AvgIpc) is 3.22. The molecule has 0 spiro atoms. The maximum absolute atomic E-state index is 12.6. The molecule has 7 heteroatoms.